The molecule has 4 rings (SSSR count). The lowest BCUT2D eigenvalue weighted by atomic mass is 10.0. The number of amides is 1. The first-order valence-electron chi connectivity index (χ1n) is 12.0. The molecule has 1 amide bonds. The Bertz CT molecular complexity index is 1520. The van der Waals surface area contributed by atoms with Gasteiger partial charge in [0.25, 0.3) is 15.9 Å². The van der Waals surface area contributed by atoms with Crippen LogP contribution in [0, 0.1) is 13.8 Å². The smallest absolute Gasteiger partial charge is 0.264 e. The summed E-state index contributed by atoms with van der Waals surface area (Å²) in [5.41, 5.74) is 5.42. The maximum Gasteiger partial charge on any atom is 0.264 e. The topological polar surface area (TPSA) is 66.5 Å². The summed E-state index contributed by atoms with van der Waals surface area (Å²) in [6.07, 6.45) is 0.810. The van der Waals surface area contributed by atoms with Gasteiger partial charge in [-0.05, 0) is 78.9 Å². The molecule has 0 aromatic heterocycles. The number of aryl methyl sites for hydroxylation is 3. The summed E-state index contributed by atoms with van der Waals surface area (Å²) >= 11 is 6.25. The summed E-state index contributed by atoms with van der Waals surface area (Å²) in [4.78, 5) is 13.2. The van der Waals surface area contributed by atoms with Crippen LogP contribution in [0.25, 0.3) is 0 Å². The van der Waals surface area contributed by atoms with E-state index in [-0.39, 0.29) is 17.3 Å². The van der Waals surface area contributed by atoms with E-state index in [9.17, 15) is 13.2 Å². The average Bonchev–Trinajstić information content (AvgIpc) is 2.90. The van der Waals surface area contributed by atoms with Gasteiger partial charge in [-0.3, -0.25) is 9.10 Å². The lowest BCUT2D eigenvalue weighted by Gasteiger charge is -2.26. The minimum absolute atomic E-state index is 0.0814. The lowest BCUT2D eigenvalue weighted by molar-refractivity contribution is 0.102. The van der Waals surface area contributed by atoms with Crippen molar-refractivity contribution in [1.29, 1.82) is 0 Å². The van der Waals surface area contributed by atoms with Crippen molar-refractivity contribution in [2.45, 2.75) is 38.6 Å². The molecule has 1 N–H and O–H groups in total. The molecule has 7 heteroatoms. The Kier molecular flexibility index (Phi) is 8.00. The zero-order valence-electron chi connectivity index (χ0n) is 21.0. The van der Waals surface area contributed by atoms with Crippen molar-refractivity contribution in [2.24, 2.45) is 0 Å². The van der Waals surface area contributed by atoms with E-state index in [1.54, 1.807) is 72.8 Å². The number of carbonyl (C=O) groups is 1. The normalized spacial score (nSPS) is 11.2. The summed E-state index contributed by atoms with van der Waals surface area (Å²) in [6.45, 7) is 5.95. The summed E-state index contributed by atoms with van der Waals surface area (Å²) in [5.74, 6) is -0.213. The number of hydrogen-bond donors (Lipinski definition) is 1. The lowest BCUT2D eigenvalue weighted by Crippen LogP contribution is -2.31. The third-order valence-electron chi connectivity index (χ3n) is 6.29. The molecule has 0 unspecified atom stereocenters. The van der Waals surface area contributed by atoms with Gasteiger partial charge in [-0.15, -0.1) is 0 Å². The molecule has 0 atom stereocenters. The molecule has 0 aliphatic rings. The van der Waals surface area contributed by atoms with E-state index in [4.69, 9.17) is 11.6 Å². The number of rotatable bonds is 8. The van der Waals surface area contributed by atoms with Crippen LogP contribution in [0.2, 0.25) is 5.02 Å². The predicted molar refractivity (Wildman–Crippen MR) is 151 cm³/mol. The third kappa shape index (κ3) is 5.87. The predicted octanol–water partition coefficient (Wildman–Crippen LogP) is 7.17. The first kappa shape index (κ1) is 26.5. The van der Waals surface area contributed by atoms with Gasteiger partial charge in [0.05, 0.1) is 17.1 Å². The minimum Gasteiger partial charge on any atom is -0.321 e. The van der Waals surface area contributed by atoms with Gasteiger partial charge in [0.2, 0.25) is 0 Å². The van der Waals surface area contributed by atoms with Crippen LogP contribution in [0.15, 0.2) is 95.9 Å². The highest BCUT2D eigenvalue weighted by Gasteiger charge is 2.26. The molecule has 0 spiro atoms. The number of halogens is 1. The molecular formula is C30H29ClN2O3S. The molecule has 0 radical (unpaired) electrons. The van der Waals surface area contributed by atoms with Crippen molar-refractivity contribution < 1.29 is 13.2 Å². The number of nitrogens with zero attached hydrogens (tertiary/aromatic N) is 1. The molecule has 0 aliphatic carbocycles. The fourth-order valence-electron chi connectivity index (χ4n) is 4.19. The Labute approximate surface area is 223 Å². The van der Waals surface area contributed by atoms with Crippen LogP contribution >= 0.6 is 11.6 Å². The van der Waals surface area contributed by atoms with Crippen LogP contribution in [0.1, 0.15) is 39.5 Å². The summed E-state index contributed by atoms with van der Waals surface area (Å²) < 4.78 is 28.7. The largest absolute Gasteiger partial charge is 0.321 e. The number of benzene rings is 4. The van der Waals surface area contributed by atoms with Crippen LogP contribution in [-0.4, -0.2) is 14.3 Å². The molecule has 0 aliphatic heterocycles. The molecule has 0 fully saturated rings. The summed E-state index contributed by atoms with van der Waals surface area (Å²) in [5, 5.41) is 3.48. The highest BCUT2D eigenvalue weighted by Crippen LogP contribution is 2.31. The number of hydrogen-bond acceptors (Lipinski definition) is 3. The Hall–Kier alpha value is -3.61. The van der Waals surface area contributed by atoms with E-state index in [2.05, 4.69) is 12.2 Å². The summed E-state index contributed by atoms with van der Waals surface area (Å²) in [6, 6.07) is 26.5. The Balaban J connectivity index is 1.64. The molecular weight excluding hydrogens is 504 g/mol. The molecule has 4 aromatic rings. The number of carbonyl (C=O) groups excluding carboxylic acids is 1. The monoisotopic (exact) mass is 532 g/mol. The van der Waals surface area contributed by atoms with Crippen LogP contribution in [0.3, 0.4) is 0 Å². The van der Waals surface area contributed by atoms with Gasteiger partial charge in [-0.25, -0.2) is 8.42 Å². The van der Waals surface area contributed by atoms with Gasteiger partial charge in [-0.2, -0.15) is 0 Å². The standard InChI is InChI=1S/C30H29ClN2O3S/c1-4-24-10-8-9-22(3)29(24)32-30(34)25-16-14-23(15-17-25)20-33(28-19-26(31)18-13-21(28)2)37(35,36)27-11-6-5-7-12-27/h5-19H,4,20H2,1-3H3,(H,32,34). The van der Waals surface area contributed by atoms with Gasteiger partial charge in [0, 0.05) is 16.3 Å². The maximum atomic E-state index is 13.7. The average molecular weight is 533 g/mol. The van der Waals surface area contributed by atoms with Crippen molar-refractivity contribution >= 4 is 38.9 Å². The van der Waals surface area contributed by atoms with Crippen LogP contribution in [0.5, 0.6) is 0 Å². The number of anilines is 2. The molecule has 0 heterocycles. The summed E-state index contributed by atoms with van der Waals surface area (Å²) in [7, 11) is -3.88. The minimum atomic E-state index is -3.88. The fraction of sp³-hybridized carbons (Fsp3) is 0.167. The molecule has 5 nitrogen and oxygen atoms in total. The fourth-order valence-corrected chi connectivity index (χ4v) is 5.88. The third-order valence-corrected chi connectivity index (χ3v) is 8.30. The first-order chi connectivity index (χ1) is 17.7. The van der Waals surface area contributed by atoms with E-state index in [1.807, 2.05) is 32.0 Å². The van der Waals surface area contributed by atoms with Crippen molar-refractivity contribution in [3.05, 3.63) is 124 Å². The van der Waals surface area contributed by atoms with E-state index in [1.165, 1.54) is 4.31 Å². The zero-order valence-corrected chi connectivity index (χ0v) is 22.6. The first-order valence-corrected chi connectivity index (χ1v) is 13.8. The van der Waals surface area contributed by atoms with Crippen molar-refractivity contribution in [1.82, 2.24) is 0 Å². The maximum absolute atomic E-state index is 13.7. The Morgan fingerprint density at radius 2 is 1.57 bits per heavy atom. The molecule has 37 heavy (non-hydrogen) atoms. The van der Waals surface area contributed by atoms with Gasteiger partial charge in [0.15, 0.2) is 0 Å². The van der Waals surface area contributed by atoms with Crippen LogP contribution < -0.4 is 9.62 Å². The highest BCUT2D eigenvalue weighted by molar-refractivity contribution is 7.92. The van der Waals surface area contributed by atoms with Crippen LogP contribution in [0.4, 0.5) is 11.4 Å². The highest BCUT2D eigenvalue weighted by atomic mass is 35.5. The SMILES string of the molecule is CCc1cccc(C)c1NC(=O)c1ccc(CN(c2cc(Cl)ccc2C)S(=O)(=O)c2ccccc2)cc1. The second kappa shape index (κ2) is 11.2. The molecule has 0 saturated heterocycles. The van der Waals surface area contributed by atoms with E-state index in [0.717, 1.165) is 34.4 Å². The Morgan fingerprint density at radius 1 is 0.865 bits per heavy atom. The van der Waals surface area contributed by atoms with Crippen LogP contribution in [-0.2, 0) is 23.0 Å². The van der Waals surface area contributed by atoms with Gasteiger partial charge < -0.3 is 5.32 Å². The van der Waals surface area contributed by atoms with Gasteiger partial charge in [0.1, 0.15) is 0 Å². The second-order valence-corrected chi connectivity index (χ2v) is 11.2. The molecule has 190 valence electrons. The van der Waals surface area contributed by atoms with E-state index in [0.29, 0.717) is 16.3 Å². The number of sulfonamides is 1. The van der Waals surface area contributed by atoms with Crippen molar-refractivity contribution in [3.63, 3.8) is 0 Å². The molecule has 0 bridgehead atoms. The number of nitrogens with one attached hydrogen (secondary N) is 1. The van der Waals surface area contributed by atoms with E-state index < -0.39 is 10.0 Å². The quantitative estimate of drug-likeness (QED) is 0.261. The second-order valence-electron chi connectivity index (χ2n) is 8.87. The van der Waals surface area contributed by atoms with Crippen molar-refractivity contribution in [3.8, 4) is 0 Å². The van der Waals surface area contributed by atoms with Crippen molar-refractivity contribution in [2.75, 3.05) is 9.62 Å². The zero-order chi connectivity index (χ0) is 26.6. The Morgan fingerprint density at radius 3 is 2.24 bits per heavy atom. The molecule has 4 aromatic carbocycles. The van der Waals surface area contributed by atoms with E-state index >= 15 is 0 Å². The van der Waals surface area contributed by atoms with Gasteiger partial charge >= 0.3 is 0 Å². The number of para-hydroxylation sites is 1. The molecule has 0 saturated carbocycles. The van der Waals surface area contributed by atoms with Gasteiger partial charge in [-0.1, -0.05) is 73.1 Å².